The molecule has 3 aromatic rings. The molecule has 1 aromatic carbocycles. The van der Waals surface area contributed by atoms with Crippen LogP contribution < -0.4 is 10.2 Å². The lowest BCUT2D eigenvalue weighted by atomic mass is 10.2. The average molecular weight is 337 g/mol. The van der Waals surface area contributed by atoms with Crippen LogP contribution in [0.3, 0.4) is 0 Å². The molecule has 2 heterocycles. The summed E-state index contributed by atoms with van der Waals surface area (Å²) in [7, 11) is 2.01. The van der Waals surface area contributed by atoms with E-state index in [1.807, 2.05) is 48.1 Å². The summed E-state index contributed by atoms with van der Waals surface area (Å²) in [4.78, 5) is 18.9. The van der Waals surface area contributed by atoms with E-state index in [0.717, 1.165) is 23.3 Å². The van der Waals surface area contributed by atoms with Gasteiger partial charge in [0, 0.05) is 43.4 Å². The van der Waals surface area contributed by atoms with Crippen LogP contribution in [-0.2, 0) is 0 Å². The lowest BCUT2D eigenvalue weighted by Crippen LogP contribution is -2.33. The first-order valence-electron chi connectivity index (χ1n) is 8.44. The van der Waals surface area contributed by atoms with Crippen LogP contribution in [0.1, 0.15) is 30.2 Å². The number of hydrogen-bond acceptors (Lipinski definition) is 4. The normalized spacial score (nSPS) is 11.0. The number of pyridine rings is 1. The van der Waals surface area contributed by atoms with Crippen LogP contribution in [0.2, 0.25) is 0 Å². The first-order chi connectivity index (χ1) is 12.1. The summed E-state index contributed by atoms with van der Waals surface area (Å²) < 4.78 is 1.85. The van der Waals surface area contributed by atoms with E-state index in [2.05, 4.69) is 34.1 Å². The number of aromatic nitrogens is 3. The highest BCUT2D eigenvalue weighted by molar-refractivity contribution is 5.96. The van der Waals surface area contributed by atoms with Crippen molar-refractivity contribution in [2.75, 3.05) is 25.0 Å². The Hall–Kier alpha value is -2.89. The van der Waals surface area contributed by atoms with Crippen molar-refractivity contribution in [3.05, 3.63) is 54.4 Å². The molecule has 1 amide bonds. The van der Waals surface area contributed by atoms with Crippen LogP contribution in [0.5, 0.6) is 0 Å². The van der Waals surface area contributed by atoms with Gasteiger partial charge in [-0.25, -0.2) is 9.67 Å². The van der Waals surface area contributed by atoms with E-state index in [0.29, 0.717) is 12.1 Å². The largest absolute Gasteiger partial charge is 0.373 e. The highest BCUT2D eigenvalue weighted by Gasteiger charge is 2.11. The van der Waals surface area contributed by atoms with Crippen LogP contribution in [-0.4, -0.2) is 40.8 Å². The maximum atomic E-state index is 12.4. The molecule has 2 aromatic heterocycles. The molecule has 0 aliphatic heterocycles. The van der Waals surface area contributed by atoms with Crippen molar-refractivity contribution in [2.45, 2.75) is 19.9 Å². The van der Waals surface area contributed by atoms with Crippen molar-refractivity contribution < 1.29 is 4.79 Å². The molecule has 0 saturated carbocycles. The molecule has 25 heavy (non-hydrogen) atoms. The molecule has 1 N–H and O–H groups in total. The average Bonchev–Trinajstić information content (AvgIpc) is 3.05. The number of rotatable bonds is 6. The molecule has 6 nitrogen and oxygen atoms in total. The van der Waals surface area contributed by atoms with Gasteiger partial charge in [-0.05, 0) is 32.0 Å². The van der Waals surface area contributed by atoms with E-state index >= 15 is 0 Å². The SMILES string of the molecule is CC(C)n1ncc2cc(C(=O)NCCN(C)c3ccccc3)cnc21. The summed E-state index contributed by atoms with van der Waals surface area (Å²) in [5.74, 6) is -0.117. The number of anilines is 1. The third kappa shape index (κ3) is 3.79. The summed E-state index contributed by atoms with van der Waals surface area (Å²) in [6.45, 7) is 5.40. The molecule has 0 radical (unpaired) electrons. The van der Waals surface area contributed by atoms with E-state index in [1.54, 1.807) is 12.4 Å². The third-order valence-electron chi connectivity index (χ3n) is 4.11. The van der Waals surface area contributed by atoms with Gasteiger partial charge in [0.2, 0.25) is 0 Å². The second kappa shape index (κ2) is 7.34. The summed E-state index contributed by atoms with van der Waals surface area (Å²) in [5.41, 5.74) is 2.48. The Kier molecular flexibility index (Phi) is 4.97. The third-order valence-corrected chi connectivity index (χ3v) is 4.11. The standard InChI is InChI=1S/C19H23N5O/c1-14(2)24-18-15(13-22-24)11-16(12-21-18)19(25)20-9-10-23(3)17-7-5-4-6-8-17/h4-8,11-14H,9-10H2,1-3H3,(H,20,25). The molecule has 0 fully saturated rings. The number of amides is 1. The van der Waals surface area contributed by atoms with Crippen LogP contribution in [0, 0.1) is 0 Å². The minimum Gasteiger partial charge on any atom is -0.373 e. The first-order valence-corrected chi connectivity index (χ1v) is 8.44. The quantitative estimate of drug-likeness (QED) is 0.751. The Labute approximate surface area is 147 Å². The van der Waals surface area contributed by atoms with Crippen molar-refractivity contribution >= 4 is 22.6 Å². The highest BCUT2D eigenvalue weighted by atomic mass is 16.1. The zero-order chi connectivity index (χ0) is 17.8. The van der Waals surface area contributed by atoms with Crippen molar-refractivity contribution in [1.82, 2.24) is 20.1 Å². The van der Waals surface area contributed by atoms with Crippen molar-refractivity contribution in [3.8, 4) is 0 Å². The molecule has 0 spiro atoms. The smallest absolute Gasteiger partial charge is 0.252 e. The fraction of sp³-hybridized carbons (Fsp3) is 0.316. The molecule has 0 atom stereocenters. The van der Waals surface area contributed by atoms with Gasteiger partial charge in [-0.2, -0.15) is 5.10 Å². The molecule has 130 valence electrons. The predicted molar refractivity (Wildman–Crippen MR) is 100.0 cm³/mol. The minimum atomic E-state index is -0.117. The van der Waals surface area contributed by atoms with Crippen LogP contribution in [0.15, 0.2) is 48.8 Å². The minimum absolute atomic E-state index is 0.117. The lowest BCUT2D eigenvalue weighted by molar-refractivity contribution is 0.0954. The van der Waals surface area contributed by atoms with Crippen molar-refractivity contribution in [2.24, 2.45) is 0 Å². The van der Waals surface area contributed by atoms with E-state index < -0.39 is 0 Å². The fourth-order valence-electron chi connectivity index (χ4n) is 2.69. The predicted octanol–water partition coefficient (Wildman–Crippen LogP) is 2.88. The number of likely N-dealkylation sites (N-methyl/N-ethyl adjacent to an activating group) is 1. The number of fused-ring (bicyclic) bond motifs is 1. The van der Waals surface area contributed by atoms with Gasteiger partial charge < -0.3 is 10.2 Å². The summed E-state index contributed by atoms with van der Waals surface area (Å²) in [6.07, 6.45) is 3.36. The van der Waals surface area contributed by atoms with Gasteiger partial charge in [-0.15, -0.1) is 0 Å². The van der Waals surface area contributed by atoms with Crippen LogP contribution >= 0.6 is 0 Å². The van der Waals surface area contributed by atoms with E-state index in [1.165, 1.54) is 0 Å². The van der Waals surface area contributed by atoms with E-state index in [-0.39, 0.29) is 11.9 Å². The van der Waals surface area contributed by atoms with Crippen LogP contribution in [0.4, 0.5) is 5.69 Å². The van der Waals surface area contributed by atoms with Gasteiger partial charge in [0.1, 0.15) is 0 Å². The molecular weight excluding hydrogens is 314 g/mol. The van der Waals surface area contributed by atoms with E-state index in [9.17, 15) is 4.79 Å². The highest BCUT2D eigenvalue weighted by Crippen LogP contribution is 2.16. The summed E-state index contributed by atoms with van der Waals surface area (Å²) in [6, 6.07) is 12.2. The number of nitrogens with one attached hydrogen (secondary N) is 1. The lowest BCUT2D eigenvalue weighted by Gasteiger charge is -2.19. The Balaban J connectivity index is 1.61. The molecule has 6 heteroatoms. The van der Waals surface area contributed by atoms with Crippen molar-refractivity contribution in [1.29, 1.82) is 0 Å². The Bertz CT molecular complexity index is 857. The number of nitrogens with zero attached hydrogens (tertiary/aromatic N) is 4. The van der Waals surface area contributed by atoms with Gasteiger partial charge in [0.05, 0.1) is 11.8 Å². The first kappa shape index (κ1) is 17.0. The number of benzene rings is 1. The molecule has 0 aliphatic rings. The van der Waals surface area contributed by atoms with Crippen molar-refractivity contribution in [3.63, 3.8) is 0 Å². The Morgan fingerprint density at radius 3 is 2.72 bits per heavy atom. The Morgan fingerprint density at radius 2 is 2.00 bits per heavy atom. The second-order valence-electron chi connectivity index (χ2n) is 6.33. The zero-order valence-corrected chi connectivity index (χ0v) is 14.8. The molecular formula is C19H23N5O. The Morgan fingerprint density at radius 1 is 1.24 bits per heavy atom. The fourth-order valence-corrected chi connectivity index (χ4v) is 2.69. The monoisotopic (exact) mass is 337 g/mol. The zero-order valence-electron chi connectivity index (χ0n) is 14.8. The molecule has 0 bridgehead atoms. The van der Waals surface area contributed by atoms with E-state index in [4.69, 9.17) is 0 Å². The van der Waals surface area contributed by atoms with Gasteiger partial charge in [0.15, 0.2) is 5.65 Å². The maximum absolute atomic E-state index is 12.4. The summed E-state index contributed by atoms with van der Waals surface area (Å²) >= 11 is 0. The number of para-hydroxylation sites is 1. The van der Waals surface area contributed by atoms with Gasteiger partial charge in [-0.3, -0.25) is 4.79 Å². The van der Waals surface area contributed by atoms with Gasteiger partial charge >= 0.3 is 0 Å². The maximum Gasteiger partial charge on any atom is 0.252 e. The topological polar surface area (TPSA) is 63.1 Å². The number of hydrogen-bond donors (Lipinski definition) is 1. The van der Waals surface area contributed by atoms with Crippen LogP contribution in [0.25, 0.3) is 11.0 Å². The van der Waals surface area contributed by atoms with Gasteiger partial charge in [-0.1, -0.05) is 18.2 Å². The summed E-state index contributed by atoms with van der Waals surface area (Å²) in [5, 5.41) is 8.15. The number of carbonyl (C=O) groups is 1. The molecule has 0 unspecified atom stereocenters. The molecule has 0 saturated heterocycles. The molecule has 0 aliphatic carbocycles. The number of carbonyl (C=O) groups excluding carboxylic acids is 1. The second-order valence-corrected chi connectivity index (χ2v) is 6.33. The molecule has 3 rings (SSSR count). The van der Waals surface area contributed by atoms with Gasteiger partial charge in [0.25, 0.3) is 5.91 Å².